The molecule has 33 heavy (non-hydrogen) atoms. The van der Waals surface area contributed by atoms with Gasteiger partial charge in [0.2, 0.25) is 0 Å². The van der Waals surface area contributed by atoms with Crippen molar-refractivity contribution < 1.29 is 23.5 Å². The molecule has 0 aromatic heterocycles. The number of nitrogens with one attached hydrogen (secondary N) is 1. The van der Waals surface area contributed by atoms with Crippen LogP contribution in [0.15, 0.2) is 72.4 Å². The molecule has 1 aliphatic heterocycles. The molecule has 0 atom stereocenters. The number of anilines is 1. The van der Waals surface area contributed by atoms with Crippen LogP contribution >= 0.6 is 0 Å². The van der Waals surface area contributed by atoms with Gasteiger partial charge in [0.25, 0.3) is 11.8 Å². The van der Waals surface area contributed by atoms with Crippen LogP contribution in [0.2, 0.25) is 0 Å². The summed E-state index contributed by atoms with van der Waals surface area (Å²) in [5, 5.41) is 3.11. The first-order valence-electron chi connectivity index (χ1n) is 10.3. The smallest absolute Gasteiger partial charge is 0.278 e. The van der Waals surface area contributed by atoms with Gasteiger partial charge in [-0.15, -0.1) is 0 Å². The summed E-state index contributed by atoms with van der Waals surface area (Å²) in [6.45, 7) is 1.97. The maximum Gasteiger partial charge on any atom is 0.278 e. The normalized spacial score (nSPS) is 13.5. The number of methoxy groups -OCH3 is 2. The van der Waals surface area contributed by atoms with E-state index < -0.39 is 11.8 Å². The van der Waals surface area contributed by atoms with E-state index in [9.17, 15) is 14.0 Å². The summed E-state index contributed by atoms with van der Waals surface area (Å²) in [7, 11) is 3.06. The van der Waals surface area contributed by atoms with Crippen molar-refractivity contribution >= 4 is 23.1 Å². The van der Waals surface area contributed by atoms with Crippen LogP contribution in [0.4, 0.5) is 10.1 Å². The van der Waals surface area contributed by atoms with Crippen molar-refractivity contribution in [3.05, 3.63) is 94.9 Å². The third-order valence-corrected chi connectivity index (χ3v) is 5.43. The Labute approximate surface area is 191 Å². The van der Waals surface area contributed by atoms with Gasteiger partial charge in [-0.1, -0.05) is 42.0 Å². The number of hydrogen-bond acceptors (Lipinski definition) is 5. The minimum absolute atomic E-state index is 0.0260. The van der Waals surface area contributed by atoms with E-state index in [2.05, 4.69) is 5.32 Å². The Morgan fingerprint density at radius 2 is 1.58 bits per heavy atom. The van der Waals surface area contributed by atoms with Gasteiger partial charge in [0, 0.05) is 6.07 Å². The molecule has 1 aliphatic rings. The molecular formula is C26H23FN2O4. The number of rotatable bonds is 7. The molecule has 3 aromatic rings. The van der Waals surface area contributed by atoms with Gasteiger partial charge in [-0.25, -0.2) is 4.39 Å². The maximum atomic E-state index is 13.4. The third-order valence-electron chi connectivity index (χ3n) is 5.43. The summed E-state index contributed by atoms with van der Waals surface area (Å²) in [6.07, 6.45) is 0. The Hall–Kier alpha value is -4.13. The van der Waals surface area contributed by atoms with Crippen LogP contribution in [0.25, 0.3) is 5.57 Å². The van der Waals surface area contributed by atoms with E-state index in [1.54, 1.807) is 37.4 Å². The van der Waals surface area contributed by atoms with E-state index in [-0.39, 0.29) is 23.6 Å². The lowest BCUT2D eigenvalue weighted by Gasteiger charge is -2.16. The minimum Gasteiger partial charge on any atom is -0.497 e. The third kappa shape index (κ3) is 4.43. The number of imide groups is 1. The molecule has 0 bridgehead atoms. The maximum absolute atomic E-state index is 13.4. The molecule has 0 unspecified atom stereocenters. The largest absolute Gasteiger partial charge is 0.497 e. The van der Waals surface area contributed by atoms with Crippen molar-refractivity contribution in [1.29, 1.82) is 0 Å². The zero-order valence-electron chi connectivity index (χ0n) is 18.5. The Bertz CT molecular complexity index is 1230. The standard InChI is InChI=1S/C26H23FN2O4/c1-16-4-8-18(9-5-16)23-24(28-21-13-12-20(32-2)14-22(21)33-3)26(31)29(25(23)30)15-17-6-10-19(27)11-7-17/h4-14,28H,15H2,1-3H3. The summed E-state index contributed by atoms with van der Waals surface area (Å²) in [6, 6.07) is 18.2. The molecule has 1 N–H and O–H groups in total. The highest BCUT2D eigenvalue weighted by Gasteiger charge is 2.39. The van der Waals surface area contributed by atoms with Crippen LogP contribution in [0.1, 0.15) is 16.7 Å². The number of carbonyl (C=O) groups is 2. The van der Waals surface area contributed by atoms with Gasteiger partial charge in [-0.05, 0) is 42.3 Å². The average molecular weight is 446 g/mol. The van der Waals surface area contributed by atoms with Crippen LogP contribution in [0.5, 0.6) is 11.5 Å². The lowest BCUT2D eigenvalue weighted by atomic mass is 10.0. The monoisotopic (exact) mass is 446 g/mol. The molecule has 3 aromatic carbocycles. The van der Waals surface area contributed by atoms with Gasteiger partial charge in [0.1, 0.15) is 23.0 Å². The number of carbonyl (C=O) groups excluding carboxylic acids is 2. The van der Waals surface area contributed by atoms with Crippen LogP contribution in [-0.2, 0) is 16.1 Å². The highest BCUT2D eigenvalue weighted by molar-refractivity contribution is 6.36. The van der Waals surface area contributed by atoms with E-state index in [4.69, 9.17) is 9.47 Å². The first-order chi connectivity index (χ1) is 15.9. The molecule has 6 nitrogen and oxygen atoms in total. The Morgan fingerprint density at radius 1 is 0.879 bits per heavy atom. The van der Waals surface area contributed by atoms with Crippen molar-refractivity contribution in [2.45, 2.75) is 13.5 Å². The molecule has 0 spiro atoms. The fourth-order valence-corrected chi connectivity index (χ4v) is 3.63. The number of nitrogens with zero attached hydrogens (tertiary/aromatic N) is 1. The van der Waals surface area contributed by atoms with Gasteiger partial charge in [-0.2, -0.15) is 0 Å². The average Bonchev–Trinajstić information content (AvgIpc) is 3.05. The molecule has 0 saturated carbocycles. The number of benzene rings is 3. The molecule has 4 rings (SSSR count). The van der Waals surface area contributed by atoms with Gasteiger partial charge in [0.15, 0.2) is 0 Å². The summed E-state index contributed by atoms with van der Waals surface area (Å²) in [5.74, 6) is -0.231. The quantitative estimate of drug-likeness (QED) is 0.540. The van der Waals surface area contributed by atoms with Crippen molar-refractivity contribution in [2.75, 3.05) is 19.5 Å². The summed E-state index contributed by atoms with van der Waals surface area (Å²) >= 11 is 0. The van der Waals surface area contributed by atoms with Gasteiger partial charge < -0.3 is 14.8 Å². The summed E-state index contributed by atoms with van der Waals surface area (Å²) in [4.78, 5) is 28.0. The van der Waals surface area contributed by atoms with Gasteiger partial charge >= 0.3 is 0 Å². The lowest BCUT2D eigenvalue weighted by Crippen LogP contribution is -2.32. The summed E-state index contributed by atoms with van der Waals surface area (Å²) < 4.78 is 24.0. The fraction of sp³-hybridized carbons (Fsp3) is 0.154. The van der Waals surface area contributed by atoms with Crippen LogP contribution in [0.3, 0.4) is 0 Å². The van der Waals surface area contributed by atoms with Crippen LogP contribution < -0.4 is 14.8 Å². The Morgan fingerprint density at radius 3 is 2.21 bits per heavy atom. The van der Waals surface area contributed by atoms with Crippen molar-refractivity contribution in [3.8, 4) is 11.5 Å². The molecule has 2 amide bonds. The van der Waals surface area contributed by atoms with E-state index in [1.807, 2.05) is 31.2 Å². The van der Waals surface area contributed by atoms with Crippen LogP contribution in [0, 0.1) is 12.7 Å². The Balaban J connectivity index is 1.75. The number of halogens is 1. The van der Waals surface area contributed by atoms with Crippen molar-refractivity contribution in [1.82, 2.24) is 4.90 Å². The topological polar surface area (TPSA) is 67.9 Å². The predicted octanol–water partition coefficient (Wildman–Crippen LogP) is 4.54. The molecule has 0 fully saturated rings. The van der Waals surface area contributed by atoms with Crippen molar-refractivity contribution in [2.24, 2.45) is 0 Å². The first-order valence-corrected chi connectivity index (χ1v) is 10.3. The summed E-state index contributed by atoms with van der Waals surface area (Å²) in [5.41, 5.74) is 3.22. The van der Waals surface area contributed by atoms with E-state index in [1.165, 1.54) is 19.2 Å². The predicted molar refractivity (Wildman–Crippen MR) is 123 cm³/mol. The van der Waals surface area contributed by atoms with Gasteiger partial charge in [-0.3, -0.25) is 14.5 Å². The molecule has 1 heterocycles. The zero-order chi connectivity index (χ0) is 23.5. The fourth-order valence-electron chi connectivity index (χ4n) is 3.63. The second-order valence-corrected chi connectivity index (χ2v) is 7.63. The first kappa shape index (κ1) is 22.1. The number of hydrogen-bond donors (Lipinski definition) is 1. The number of aryl methyl sites for hydroxylation is 1. The molecule has 168 valence electrons. The lowest BCUT2D eigenvalue weighted by molar-refractivity contribution is -0.137. The zero-order valence-corrected chi connectivity index (χ0v) is 18.5. The second-order valence-electron chi connectivity index (χ2n) is 7.63. The van der Waals surface area contributed by atoms with Crippen LogP contribution in [-0.4, -0.2) is 30.9 Å². The van der Waals surface area contributed by atoms with Crippen molar-refractivity contribution in [3.63, 3.8) is 0 Å². The second kappa shape index (κ2) is 9.16. The molecule has 0 aliphatic carbocycles. The molecular weight excluding hydrogens is 423 g/mol. The van der Waals surface area contributed by atoms with E-state index >= 15 is 0 Å². The number of ether oxygens (including phenoxy) is 2. The van der Waals surface area contributed by atoms with Gasteiger partial charge in [0.05, 0.1) is 32.0 Å². The molecule has 7 heteroatoms. The van der Waals surface area contributed by atoms with E-state index in [0.29, 0.717) is 28.3 Å². The number of amides is 2. The Kier molecular flexibility index (Phi) is 6.13. The SMILES string of the molecule is COc1ccc(NC2=C(c3ccc(C)cc3)C(=O)N(Cc3ccc(F)cc3)C2=O)c(OC)c1. The molecule has 0 radical (unpaired) electrons. The highest BCUT2D eigenvalue weighted by atomic mass is 19.1. The minimum atomic E-state index is -0.474. The van der Waals surface area contributed by atoms with E-state index in [0.717, 1.165) is 10.5 Å². The highest BCUT2D eigenvalue weighted by Crippen LogP contribution is 2.35. The molecule has 0 saturated heterocycles.